The van der Waals surface area contributed by atoms with E-state index in [2.05, 4.69) is 31.3 Å². The summed E-state index contributed by atoms with van der Waals surface area (Å²) in [5.41, 5.74) is 8.85. The Morgan fingerprint density at radius 3 is 2.97 bits per heavy atom. The molecule has 0 spiro atoms. The van der Waals surface area contributed by atoms with Crippen molar-refractivity contribution in [2.45, 2.75) is 12.5 Å². The molecule has 0 radical (unpaired) electrons. The molecule has 1 saturated heterocycles. The highest BCUT2D eigenvalue weighted by Gasteiger charge is 2.17. The molecule has 1 aliphatic rings. The van der Waals surface area contributed by atoms with Gasteiger partial charge in [0, 0.05) is 39.1 Å². The van der Waals surface area contributed by atoms with E-state index < -0.39 is 0 Å². The van der Waals surface area contributed by atoms with E-state index in [1.807, 2.05) is 37.4 Å². The first kappa shape index (κ1) is 23.9. The first-order valence-electron chi connectivity index (χ1n) is 10.7. The number of hydrogen-bond acceptors (Lipinski definition) is 6. The highest BCUT2D eigenvalue weighted by atomic mass is 16.5. The van der Waals surface area contributed by atoms with Gasteiger partial charge in [-0.25, -0.2) is 15.0 Å². The summed E-state index contributed by atoms with van der Waals surface area (Å²) in [6.07, 6.45) is 3.96. The molecule has 1 fully saturated rings. The Morgan fingerprint density at radius 2 is 2.21 bits per heavy atom. The smallest absolute Gasteiger partial charge is 0.222 e. The highest BCUT2D eigenvalue weighted by molar-refractivity contribution is 5.92. The molecule has 1 atom stereocenters. The summed E-state index contributed by atoms with van der Waals surface area (Å²) >= 11 is 0. The van der Waals surface area contributed by atoms with E-state index >= 15 is 0 Å². The van der Waals surface area contributed by atoms with Gasteiger partial charge in [0.15, 0.2) is 0 Å². The predicted octanol–water partition coefficient (Wildman–Crippen LogP) is 2.48. The van der Waals surface area contributed by atoms with Crippen molar-refractivity contribution < 1.29 is 9.47 Å². The standard InChI is InChI=1S/C24H29N7O2/c1-31(10-11-32-2)21-5-3-4-20(13-21)30-24(26)29-17-28-15-18-6-7-23(19(12-18)14-25)33-22-8-9-27-16-22/h3-7,12-13,15,17,22,27H,8-11,16H2,1-2H3,(H2,26,30)/t22-/m1/s1. The van der Waals surface area contributed by atoms with E-state index in [0.29, 0.717) is 23.6 Å². The molecule has 1 heterocycles. The molecule has 3 N–H and O–H groups in total. The topological polar surface area (TPSA) is 121 Å². The molecule has 1 aliphatic heterocycles. The second kappa shape index (κ2) is 12.3. The van der Waals surface area contributed by atoms with E-state index in [9.17, 15) is 5.26 Å². The highest BCUT2D eigenvalue weighted by Crippen LogP contribution is 2.22. The van der Waals surface area contributed by atoms with Crippen LogP contribution in [0.1, 0.15) is 17.5 Å². The molecule has 0 unspecified atom stereocenters. The van der Waals surface area contributed by atoms with Crippen LogP contribution in [-0.2, 0) is 4.74 Å². The summed E-state index contributed by atoms with van der Waals surface area (Å²) in [7, 11) is 3.66. The SMILES string of the molecule is COCCN(C)c1cccc(N=C(N)N=CN=Cc2ccc(O[C@@H]3CCNC3)c(C#N)c2)c1. The van der Waals surface area contributed by atoms with Gasteiger partial charge in [0.1, 0.15) is 24.3 Å². The van der Waals surface area contributed by atoms with Gasteiger partial charge in [0.05, 0.1) is 17.9 Å². The second-order valence-corrected chi connectivity index (χ2v) is 7.53. The predicted molar refractivity (Wildman–Crippen MR) is 132 cm³/mol. The number of aliphatic imine (C=N–C) groups is 3. The molecule has 2 aromatic rings. The lowest BCUT2D eigenvalue weighted by Crippen LogP contribution is -2.21. The van der Waals surface area contributed by atoms with Crippen LogP contribution in [0.4, 0.5) is 11.4 Å². The van der Waals surface area contributed by atoms with Gasteiger partial charge in [-0.05, 0) is 54.9 Å². The minimum absolute atomic E-state index is 0.0930. The maximum absolute atomic E-state index is 9.44. The Bertz CT molecular complexity index is 1050. The summed E-state index contributed by atoms with van der Waals surface area (Å²) in [5.74, 6) is 0.680. The van der Waals surface area contributed by atoms with E-state index in [1.54, 1.807) is 25.5 Å². The van der Waals surface area contributed by atoms with Gasteiger partial charge in [0.2, 0.25) is 5.96 Å². The average molecular weight is 448 g/mol. The van der Waals surface area contributed by atoms with Crippen molar-refractivity contribution in [2.24, 2.45) is 20.7 Å². The maximum Gasteiger partial charge on any atom is 0.222 e. The lowest BCUT2D eigenvalue weighted by Gasteiger charge is -2.18. The molecule has 0 saturated carbocycles. The van der Waals surface area contributed by atoms with Crippen LogP contribution in [0.3, 0.4) is 0 Å². The lowest BCUT2D eigenvalue weighted by molar-refractivity contribution is 0.206. The molecule has 9 heteroatoms. The zero-order valence-corrected chi connectivity index (χ0v) is 18.9. The minimum atomic E-state index is 0.0930. The zero-order valence-electron chi connectivity index (χ0n) is 18.9. The number of nitrogens with two attached hydrogens (primary N) is 1. The third-order valence-corrected chi connectivity index (χ3v) is 5.06. The first-order valence-corrected chi connectivity index (χ1v) is 10.7. The largest absolute Gasteiger partial charge is 0.488 e. The van der Waals surface area contributed by atoms with Crippen molar-refractivity contribution in [2.75, 3.05) is 45.3 Å². The molecule has 172 valence electrons. The van der Waals surface area contributed by atoms with Crippen LogP contribution in [0.5, 0.6) is 5.75 Å². The van der Waals surface area contributed by atoms with Crippen molar-refractivity contribution in [1.29, 1.82) is 5.26 Å². The fourth-order valence-corrected chi connectivity index (χ4v) is 3.26. The van der Waals surface area contributed by atoms with Crippen LogP contribution in [0.15, 0.2) is 57.4 Å². The number of nitrogens with one attached hydrogen (secondary N) is 1. The summed E-state index contributed by atoms with van der Waals surface area (Å²) in [4.78, 5) is 14.6. The van der Waals surface area contributed by atoms with Crippen molar-refractivity contribution in [3.05, 3.63) is 53.6 Å². The lowest BCUT2D eigenvalue weighted by atomic mass is 10.1. The van der Waals surface area contributed by atoms with Gasteiger partial charge < -0.3 is 25.4 Å². The summed E-state index contributed by atoms with van der Waals surface area (Å²) in [6.45, 7) is 3.13. The monoisotopic (exact) mass is 447 g/mol. The number of anilines is 1. The van der Waals surface area contributed by atoms with E-state index in [0.717, 1.165) is 37.3 Å². The molecular formula is C24H29N7O2. The van der Waals surface area contributed by atoms with Gasteiger partial charge in [-0.2, -0.15) is 5.26 Å². The molecular weight excluding hydrogens is 418 g/mol. The maximum atomic E-state index is 9.44. The Labute approximate surface area is 194 Å². The summed E-state index contributed by atoms with van der Waals surface area (Å²) in [6, 6.07) is 15.2. The Balaban J connectivity index is 1.60. The number of rotatable bonds is 9. The van der Waals surface area contributed by atoms with Crippen LogP contribution >= 0.6 is 0 Å². The number of ether oxygens (including phenoxy) is 2. The van der Waals surface area contributed by atoms with Crippen LogP contribution < -0.4 is 20.7 Å². The Morgan fingerprint density at radius 1 is 1.33 bits per heavy atom. The normalized spacial score (nSPS) is 16.4. The molecule has 9 nitrogen and oxygen atoms in total. The molecule has 0 aromatic heterocycles. The van der Waals surface area contributed by atoms with Crippen molar-refractivity contribution in [3.63, 3.8) is 0 Å². The molecule has 3 rings (SSSR count). The number of likely N-dealkylation sites (N-methyl/N-ethyl adjacent to an activating group) is 1. The van der Waals surface area contributed by atoms with Crippen molar-refractivity contribution in [3.8, 4) is 11.8 Å². The molecule has 0 amide bonds. The quantitative estimate of drug-likeness (QED) is 0.450. The fraction of sp³-hybridized carbons (Fsp3) is 0.333. The third-order valence-electron chi connectivity index (χ3n) is 5.06. The van der Waals surface area contributed by atoms with Gasteiger partial charge in [0.25, 0.3) is 0 Å². The molecule has 2 aromatic carbocycles. The van der Waals surface area contributed by atoms with Crippen molar-refractivity contribution in [1.82, 2.24) is 5.32 Å². The molecule has 0 bridgehead atoms. The third kappa shape index (κ3) is 7.42. The number of hydrogen-bond donors (Lipinski definition) is 2. The zero-order chi connectivity index (χ0) is 23.5. The van der Waals surface area contributed by atoms with Crippen molar-refractivity contribution >= 4 is 29.9 Å². The van der Waals surface area contributed by atoms with Gasteiger partial charge in [-0.15, -0.1) is 0 Å². The van der Waals surface area contributed by atoms with Gasteiger partial charge in [-0.1, -0.05) is 6.07 Å². The molecule has 0 aliphatic carbocycles. The summed E-state index contributed by atoms with van der Waals surface area (Å²) in [5, 5.41) is 12.7. The number of benzene rings is 2. The van der Waals surface area contributed by atoms with E-state index in [1.165, 1.54) is 6.34 Å². The number of nitriles is 1. The number of methoxy groups -OCH3 is 1. The van der Waals surface area contributed by atoms with E-state index in [4.69, 9.17) is 15.2 Å². The van der Waals surface area contributed by atoms with E-state index in [-0.39, 0.29) is 12.1 Å². The first-order chi connectivity index (χ1) is 16.1. The fourth-order valence-electron chi connectivity index (χ4n) is 3.26. The van der Waals surface area contributed by atoms with Gasteiger partial charge in [-0.3, -0.25) is 0 Å². The van der Waals surface area contributed by atoms with Crippen LogP contribution in [0, 0.1) is 11.3 Å². The Kier molecular flexibility index (Phi) is 8.94. The average Bonchev–Trinajstić information content (AvgIpc) is 3.34. The minimum Gasteiger partial charge on any atom is -0.488 e. The number of nitrogens with zero attached hydrogens (tertiary/aromatic N) is 5. The molecule has 33 heavy (non-hydrogen) atoms. The second-order valence-electron chi connectivity index (χ2n) is 7.53. The van der Waals surface area contributed by atoms with Gasteiger partial charge >= 0.3 is 0 Å². The van der Waals surface area contributed by atoms with Crippen LogP contribution in [0.2, 0.25) is 0 Å². The Hall–Kier alpha value is -3.74. The number of guanidine groups is 1. The van der Waals surface area contributed by atoms with Crippen LogP contribution in [-0.4, -0.2) is 65.0 Å². The van der Waals surface area contributed by atoms with Crippen LogP contribution in [0.25, 0.3) is 0 Å². The summed E-state index contributed by atoms with van der Waals surface area (Å²) < 4.78 is 11.0.